The van der Waals surface area contributed by atoms with E-state index in [1.807, 2.05) is 30.3 Å². The standard InChI is InChI=1S/C25H25N3O6/c1-16(29)28-12-10-25(11-13-28,17-6-4-3-5-7-17)24(33)34-15-21(30)26-18-8-9-19-20(14-18)23(32)27(2)22(19)31/h3-9,14H,10-13,15H2,1-2H3,(H,26,30). The van der Waals surface area contributed by atoms with E-state index in [0.29, 0.717) is 31.6 Å². The minimum atomic E-state index is -0.946. The number of ether oxygens (including phenoxy) is 1. The first kappa shape index (κ1) is 23.2. The Labute approximate surface area is 196 Å². The number of anilines is 1. The number of hydrogen-bond acceptors (Lipinski definition) is 6. The van der Waals surface area contributed by atoms with Gasteiger partial charge in [-0.2, -0.15) is 0 Å². The number of nitrogens with one attached hydrogen (secondary N) is 1. The van der Waals surface area contributed by atoms with E-state index in [0.717, 1.165) is 10.5 Å². The van der Waals surface area contributed by atoms with E-state index in [-0.39, 0.29) is 17.0 Å². The van der Waals surface area contributed by atoms with Crippen molar-refractivity contribution in [3.05, 3.63) is 65.2 Å². The average molecular weight is 463 g/mol. The van der Waals surface area contributed by atoms with Crippen LogP contribution in [0.3, 0.4) is 0 Å². The second-order valence-electron chi connectivity index (χ2n) is 8.51. The Morgan fingerprint density at radius 2 is 1.62 bits per heavy atom. The molecule has 34 heavy (non-hydrogen) atoms. The number of carbonyl (C=O) groups is 5. The minimum absolute atomic E-state index is 0.0462. The molecule has 2 aromatic carbocycles. The van der Waals surface area contributed by atoms with E-state index in [1.165, 1.54) is 32.2 Å². The van der Waals surface area contributed by atoms with Crippen LogP contribution in [0.4, 0.5) is 5.69 Å². The van der Waals surface area contributed by atoms with Crippen LogP contribution >= 0.6 is 0 Å². The third-order valence-corrected chi connectivity index (χ3v) is 6.49. The number of amides is 4. The van der Waals surface area contributed by atoms with Gasteiger partial charge in [0.15, 0.2) is 6.61 Å². The molecule has 9 nitrogen and oxygen atoms in total. The molecule has 1 N–H and O–H groups in total. The lowest BCUT2D eigenvalue weighted by Crippen LogP contribution is -2.49. The molecule has 0 aliphatic carbocycles. The summed E-state index contributed by atoms with van der Waals surface area (Å²) in [7, 11) is 1.39. The number of esters is 1. The van der Waals surface area contributed by atoms with Crippen LogP contribution in [0.2, 0.25) is 0 Å². The van der Waals surface area contributed by atoms with Crippen LogP contribution in [-0.2, 0) is 24.5 Å². The molecule has 2 aliphatic heterocycles. The first-order valence-electron chi connectivity index (χ1n) is 11.0. The zero-order chi connectivity index (χ0) is 24.5. The zero-order valence-corrected chi connectivity index (χ0v) is 19.0. The smallest absolute Gasteiger partial charge is 0.317 e. The van der Waals surface area contributed by atoms with E-state index in [2.05, 4.69) is 5.32 Å². The third-order valence-electron chi connectivity index (χ3n) is 6.49. The van der Waals surface area contributed by atoms with Gasteiger partial charge in [-0.1, -0.05) is 30.3 Å². The van der Waals surface area contributed by atoms with Crippen molar-refractivity contribution in [1.82, 2.24) is 9.80 Å². The molecule has 2 aliphatic rings. The van der Waals surface area contributed by atoms with Crippen molar-refractivity contribution >= 4 is 35.3 Å². The topological polar surface area (TPSA) is 113 Å². The van der Waals surface area contributed by atoms with E-state index < -0.39 is 35.7 Å². The van der Waals surface area contributed by atoms with Crippen LogP contribution in [0.5, 0.6) is 0 Å². The van der Waals surface area contributed by atoms with Gasteiger partial charge in [0.2, 0.25) is 5.91 Å². The highest BCUT2D eigenvalue weighted by Crippen LogP contribution is 2.37. The molecule has 0 radical (unpaired) electrons. The number of likely N-dealkylation sites (tertiary alicyclic amines) is 1. The third kappa shape index (κ3) is 4.16. The molecule has 176 valence electrons. The van der Waals surface area contributed by atoms with Gasteiger partial charge in [0.05, 0.1) is 16.5 Å². The lowest BCUT2D eigenvalue weighted by Gasteiger charge is -2.40. The zero-order valence-electron chi connectivity index (χ0n) is 19.0. The van der Waals surface area contributed by atoms with Gasteiger partial charge in [-0.25, -0.2) is 0 Å². The van der Waals surface area contributed by atoms with Gasteiger partial charge >= 0.3 is 5.97 Å². The summed E-state index contributed by atoms with van der Waals surface area (Å²) in [6.45, 7) is 1.83. The summed E-state index contributed by atoms with van der Waals surface area (Å²) in [5, 5.41) is 2.60. The number of piperidine rings is 1. The monoisotopic (exact) mass is 463 g/mol. The number of carbonyl (C=O) groups excluding carboxylic acids is 5. The maximum atomic E-state index is 13.2. The molecule has 1 fully saturated rings. The number of imide groups is 1. The first-order chi connectivity index (χ1) is 16.2. The maximum Gasteiger partial charge on any atom is 0.317 e. The van der Waals surface area contributed by atoms with Crippen molar-refractivity contribution in [3.63, 3.8) is 0 Å². The Hall–Kier alpha value is -4.01. The number of hydrogen-bond donors (Lipinski definition) is 1. The van der Waals surface area contributed by atoms with Gasteiger partial charge in [-0.15, -0.1) is 0 Å². The van der Waals surface area contributed by atoms with Crippen molar-refractivity contribution in [2.45, 2.75) is 25.2 Å². The molecule has 0 unspecified atom stereocenters. The molecule has 2 aromatic rings. The Morgan fingerprint density at radius 1 is 0.971 bits per heavy atom. The number of fused-ring (bicyclic) bond motifs is 1. The second-order valence-corrected chi connectivity index (χ2v) is 8.51. The van der Waals surface area contributed by atoms with E-state index in [1.54, 1.807) is 4.90 Å². The van der Waals surface area contributed by atoms with Gasteiger partial charge in [-0.3, -0.25) is 28.9 Å². The largest absolute Gasteiger partial charge is 0.455 e. The van der Waals surface area contributed by atoms with Gasteiger partial charge in [-0.05, 0) is 36.6 Å². The normalized spacial score (nSPS) is 16.8. The fourth-order valence-corrected chi connectivity index (χ4v) is 4.48. The minimum Gasteiger partial charge on any atom is -0.455 e. The highest BCUT2D eigenvalue weighted by Gasteiger charge is 2.45. The Bertz CT molecular complexity index is 1170. The number of nitrogens with zero attached hydrogens (tertiary/aromatic N) is 2. The lowest BCUT2D eigenvalue weighted by molar-refractivity contribution is -0.156. The van der Waals surface area contributed by atoms with Crippen LogP contribution in [0, 0.1) is 0 Å². The lowest BCUT2D eigenvalue weighted by atomic mass is 9.72. The SMILES string of the molecule is CC(=O)N1CCC(C(=O)OCC(=O)Nc2ccc3c(c2)C(=O)N(C)C3=O)(c2ccccc2)CC1. The Kier molecular flexibility index (Phi) is 6.19. The molecule has 0 atom stereocenters. The summed E-state index contributed by atoms with van der Waals surface area (Å²) in [5.74, 6) is -1.97. The highest BCUT2D eigenvalue weighted by atomic mass is 16.5. The van der Waals surface area contributed by atoms with Crippen molar-refractivity contribution in [2.75, 3.05) is 32.1 Å². The summed E-state index contributed by atoms with van der Waals surface area (Å²) in [6, 6.07) is 13.7. The number of rotatable bonds is 5. The van der Waals surface area contributed by atoms with Gasteiger partial charge < -0.3 is 15.0 Å². The highest BCUT2D eigenvalue weighted by molar-refractivity contribution is 6.21. The number of benzene rings is 2. The van der Waals surface area contributed by atoms with Crippen molar-refractivity contribution in [2.24, 2.45) is 0 Å². The fraction of sp³-hybridized carbons (Fsp3) is 0.320. The molecule has 0 spiro atoms. The van der Waals surface area contributed by atoms with Gasteiger partial charge in [0.1, 0.15) is 0 Å². The van der Waals surface area contributed by atoms with Crippen LogP contribution in [0.15, 0.2) is 48.5 Å². The Morgan fingerprint density at radius 3 is 2.26 bits per heavy atom. The van der Waals surface area contributed by atoms with E-state index in [9.17, 15) is 24.0 Å². The molecule has 1 saturated heterocycles. The van der Waals surface area contributed by atoms with Crippen LogP contribution < -0.4 is 5.32 Å². The quantitative estimate of drug-likeness (QED) is 0.536. The molecule has 0 aromatic heterocycles. The predicted octanol–water partition coefficient (Wildman–Crippen LogP) is 1.97. The summed E-state index contributed by atoms with van der Waals surface area (Å²) in [4.78, 5) is 64.3. The fourth-order valence-electron chi connectivity index (χ4n) is 4.48. The predicted molar refractivity (Wildman–Crippen MR) is 122 cm³/mol. The summed E-state index contributed by atoms with van der Waals surface area (Å²) in [5.41, 5.74) is 0.651. The molecule has 4 amide bonds. The molecule has 2 heterocycles. The van der Waals surface area contributed by atoms with Crippen molar-refractivity contribution in [3.8, 4) is 0 Å². The van der Waals surface area contributed by atoms with Crippen LogP contribution in [-0.4, -0.2) is 66.1 Å². The maximum absolute atomic E-state index is 13.2. The summed E-state index contributed by atoms with van der Waals surface area (Å²) < 4.78 is 5.43. The molecule has 4 rings (SSSR count). The summed E-state index contributed by atoms with van der Waals surface area (Å²) >= 11 is 0. The van der Waals surface area contributed by atoms with Gasteiger partial charge in [0.25, 0.3) is 17.7 Å². The molecule has 0 bridgehead atoms. The van der Waals surface area contributed by atoms with Crippen molar-refractivity contribution < 1.29 is 28.7 Å². The molecular weight excluding hydrogens is 438 g/mol. The first-order valence-corrected chi connectivity index (χ1v) is 11.0. The molecule has 0 saturated carbocycles. The molecular formula is C25H25N3O6. The van der Waals surface area contributed by atoms with Crippen molar-refractivity contribution in [1.29, 1.82) is 0 Å². The second kappa shape index (κ2) is 9.09. The van der Waals surface area contributed by atoms with E-state index >= 15 is 0 Å². The van der Waals surface area contributed by atoms with E-state index in [4.69, 9.17) is 4.74 Å². The molecule has 9 heteroatoms. The van der Waals surface area contributed by atoms with Crippen LogP contribution in [0.25, 0.3) is 0 Å². The Balaban J connectivity index is 1.43. The van der Waals surface area contributed by atoms with Crippen LogP contribution in [0.1, 0.15) is 46.0 Å². The summed E-state index contributed by atoms with van der Waals surface area (Å²) in [6.07, 6.45) is 0.789. The average Bonchev–Trinajstić information content (AvgIpc) is 3.06. The van der Waals surface area contributed by atoms with Gasteiger partial charge in [0, 0.05) is 32.7 Å².